The van der Waals surface area contributed by atoms with E-state index in [9.17, 15) is 14.4 Å². The van der Waals surface area contributed by atoms with Crippen LogP contribution in [0, 0.1) is 0 Å². The van der Waals surface area contributed by atoms with Crippen molar-refractivity contribution in [2.45, 2.75) is 303 Å². The zero-order valence-corrected chi connectivity index (χ0v) is 49.7. The summed E-state index contributed by atoms with van der Waals surface area (Å²) in [6.07, 6.45) is 86.6. The minimum Gasteiger partial charge on any atom is -0.462 e. The maximum absolute atomic E-state index is 12.9. The molecule has 0 bridgehead atoms. The van der Waals surface area contributed by atoms with Gasteiger partial charge in [0.05, 0.1) is 0 Å². The maximum Gasteiger partial charge on any atom is 0.306 e. The van der Waals surface area contributed by atoms with Crippen molar-refractivity contribution in [3.8, 4) is 0 Å². The Bertz CT molecular complexity index is 1540. The van der Waals surface area contributed by atoms with E-state index in [-0.39, 0.29) is 37.5 Å². The van der Waals surface area contributed by atoms with Crippen molar-refractivity contribution in [2.24, 2.45) is 0 Å². The molecule has 0 N–H and O–H groups in total. The Morgan fingerprint density at radius 3 is 0.816 bits per heavy atom. The third kappa shape index (κ3) is 60.9. The molecule has 0 saturated heterocycles. The summed E-state index contributed by atoms with van der Waals surface area (Å²) in [5.41, 5.74) is 0. The number of carbonyl (C=O) groups is 3. The van der Waals surface area contributed by atoms with E-state index in [1.807, 2.05) is 0 Å². The van der Waals surface area contributed by atoms with Gasteiger partial charge in [0.2, 0.25) is 0 Å². The van der Waals surface area contributed by atoms with Crippen LogP contribution in [0.4, 0.5) is 0 Å². The van der Waals surface area contributed by atoms with Gasteiger partial charge in [0.15, 0.2) is 6.10 Å². The average molecular weight is 1060 g/mol. The van der Waals surface area contributed by atoms with Crippen LogP contribution in [0.3, 0.4) is 0 Å². The van der Waals surface area contributed by atoms with Gasteiger partial charge in [-0.05, 0) is 103 Å². The molecule has 0 aliphatic rings. The minimum absolute atomic E-state index is 0.0901. The van der Waals surface area contributed by atoms with Crippen LogP contribution in [0.15, 0.2) is 109 Å². The van der Waals surface area contributed by atoms with Crippen molar-refractivity contribution in [1.29, 1.82) is 0 Å². The Morgan fingerprint density at radius 2 is 0.513 bits per heavy atom. The van der Waals surface area contributed by atoms with Crippen molar-refractivity contribution >= 4 is 17.9 Å². The molecule has 6 heteroatoms. The summed E-state index contributed by atoms with van der Waals surface area (Å²) in [5, 5.41) is 0. The van der Waals surface area contributed by atoms with E-state index in [0.717, 1.165) is 122 Å². The van der Waals surface area contributed by atoms with Gasteiger partial charge in [-0.25, -0.2) is 0 Å². The van der Waals surface area contributed by atoms with E-state index in [1.165, 1.54) is 135 Å². The van der Waals surface area contributed by atoms with Crippen molar-refractivity contribution in [1.82, 2.24) is 0 Å². The third-order valence-corrected chi connectivity index (χ3v) is 13.5. The summed E-state index contributed by atoms with van der Waals surface area (Å²) in [7, 11) is 0. The smallest absolute Gasteiger partial charge is 0.306 e. The lowest BCUT2D eigenvalue weighted by Gasteiger charge is -2.18. The van der Waals surface area contributed by atoms with Gasteiger partial charge >= 0.3 is 17.9 Å². The fraction of sp³-hybridized carbons (Fsp3) is 0.700. The van der Waals surface area contributed by atoms with Crippen molar-refractivity contribution in [3.63, 3.8) is 0 Å². The second-order valence-electron chi connectivity index (χ2n) is 20.9. The van der Waals surface area contributed by atoms with Crippen molar-refractivity contribution in [2.75, 3.05) is 13.2 Å². The van der Waals surface area contributed by atoms with E-state index in [1.54, 1.807) is 0 Å². The van der Waals surface area contributed by atoms with Crippen LogP contribution in [-0.4, -0.2) is 37.2 Å². The highest BCUT2D eigenvalue weighted by atomic mass is 16.6. The number of rotatable bonds is 57. The van der Waals surface area contributed by atoms with E-state index in [4.69, 9.17) is 14.2 Å². The van der Waals surface area contributed by atoms with Gasteiger partial charge in [0.25, 0.3) is 0 Å². The number of allylic oxidation sites excluding steroid dienone is 18. The Balaban J connectivity index is 4.38. The molecule has 6 nitrogen and oxygen atoms in total. The van der Waals surface area contributed by atoms with Crippen LogP contribution in [-0.2, 0) is 28.6 Å². The summed E-state index contributed by atoms with van der Waals surface area (Å²) >= 11 is 0. The molecule has 0 aromatic rings. The lowest BCUT2D eigenvalue weighted by Crippen LogP contribution is -2.30. The van der Waals surface area contributed by atoms with E-state index in [2.05, 4.69) is 130 Å². The van der Waals surface area contributed by atoms with E-state index in [0.29, 0.717) is 12.8 Å². The third-order valence-electron chi connectivity index (χ3n) is 13.5. The van der Waals surface area contributed by atoms with Crippen LogP contribution < -0.4 is 0 Å². The molecule has 0 aliphatic heterocycles. The van der Waals surface area contributed by atoms with E-state index < -0.39 is 6.10 Å². The Labute approximate surface area is 470 Å². The maximum atomic E-state index is 12.9. The quantitative estimate of drug-likeness (QED) is 0.0261. The molecule has 0 saturated carbocycles. The van der Waals surface area contributed by atoms with Gasteiger partial charge < -0.3 is 14.2 Å². The average Bonchev–Trinajstić information content (AvgIpc) is 3.42. The molecular weight excluding hydrogens is 937 g/mol. The number of carbonyl (C=O) groups excluding carboxylic acids is 3. The minimum atomic E-state index is -0.797. The molecule has 0 heterocycles. The lowest BCUT2D eigenvalue weighted by atomic mass is 10.0. The van der Waals surface area contributed by atoms with Gasteiger partial charge in [0, 0.05) is 19.3 Å². The first-order valence-electron chi connectivity index (χ1n) is 31.9. The summed E-state index contributed by atoms with van der Waals surface area (Å²) in [4.78, 5) is 38.3. The van der Waals surface area contributed by atoms with Gasteiger partial charge in [0.1, 0.15) is 13.2 Å². The monoisotopic (exact) mass is 1050 g/mol. The highest BCUT2D eigenvalue weighted by molar-refractivity contribution is 5.71. The Morgan fingerprint density at radius 1 is 0.276 bits per heavy atom. The first-order valence-corrected chi connectivity index (χ1v) is 31.9. The first-order chi connectivity index (χ1) is 37.5. The van der Waals surface area contributed by atoms with Crippen LogP contribution >= 0.6 is 0 Å². The zero-order valence-electron chi connectivity index (χ0n) is 49.7. The molecule has 0 radical (unpaired) electrons. The van der Waals surface area contributed by atoms with Crippen LogP contribution in [0.5, 0.6) is 0 Å². The fourth-order valence-electron chi connectivity index (χ4n) is 8.81. The fourth-order valence-corrected chi connectivity index (χ4v) is 8.81. The van der Waals surface area contributed by atoms with E-state index >= 15 is 0 Å². The number of hydrogen-bond donors (Lipinski definition) is 0. The van der Waals surface area contributed by atoms with Crippen LogP contribution in [0.1, 0.15) is 297 Å². The predicted octanol–water partition coefficient (Wildman–Crippen LogP) is 21.8. The molecule has 0 rings (SSSR count). The van der Waals surface area contributed by atoms with Crippen LogP contribution in [0.2, 0.25) is 0 Å². The number of hydrogen-bond acceptors (Lipinski definition) is 6. The Kier molecular flexibility index (Phi) is 60.3. The highest BCUT2D eigenvalue weighted by Crippen LogP contribution is 2.16. The van der Waals surface area contributed by atoms with Crippen molar-refractivity contribution in [3.05, 3.63) is 109 Å². The normalized spacial score (nSPS) is 12.8. The number of ether oxygens (including phenoxy) is 3. The lowest BCUT2D eigenvalue weighted by molar-refractivity contribution is -0.167. The summed E-state index contributed by atoms with van der Waals surface area (Å²) in [6.45, 7) is 6.41. The topological polar surface area (TPSA) is 78.9 Å². The van der Waals surface area contributed by atoms with Gasteiger partial charge in [-0.15, -0.1) is 0 Å². The largest absolute Gasteiger partial charge is 0.462 e. The molecule has 0 fully saturated rings. The summed E-state index contributed by atoms with van der Waals surface area (Å²) in [5.74, 6) is -0.915. The van der Waals surface area contributed by atoms with Gasteiger partial charge in [-0.2, -0.15) is 0 Å². The molecule has 1 atom stereocenters. The zero-order chi connectivity index (χ0) is 55.0. The Hall–Kier alpha value is -3.93. The first kappa shape index (κ1) is 72.1. The molecule has 0 spiro atoms. The predicted molar refractivity (Wildman–Crippen MR) is 330 cm³/mol. The molecule has 0 aliphatic carbocycles. The number of esters is 3. The second-order valence-corrected chi connectivity index (χ2v) is 20.9. The summed E-state index contributed by atoms with van der Waals surface area (Å²) < 4.78 is 16.9. The molecule has 0 amide bonds. The molecule has 76 heavy (non-hydrogen) atoms. The highest BCUT2D eigenvalue weighted by Gasteiger charge is 2.19. The van der Waals surface area contributed by atoms with Gasteiger partial charge in [-0.1, -0.05) is 284 Å². The molecule has 1 unspecified atom stereocenters. The SMILES string of the molecule is CC/C=C\C/C=C\C/C=C\C/C=C\C/C=C\CCCCCC(=O)OC(COC(=O)CCCCCCCCCCCCCC/C=C\C/C=C\C/C=C\C/C=C\CC)COC(=O)CCCCCCCCCCCCCCCC. The van der Waals surface area contributed by atoms with Crippen LogP contribution in [0.25, 0.3) is 0 Å². The second kappa shape index (κ2) is 63.6. The standard InChI is InChI=1S/C70H118O6/c1-4-7-10-13-16-19-22-25-28-30-32-33-34-35-36-37-39-40-42-45-48-51-54-57-60-63-69(72)75-66-67(65-74-68(71)62-59-56-53-50-47-44-27-24-21-18-15-12-9-6-3)76-70(73)64-61-58-55-52-49-46-43-41-38-31-29-26-23-20-17-14-11-8-5-2/h7-8,10-11,16-17,19-20,25-26,28-29,32-33,38,41,46,49,67H,4-6,9,12-15,18,21-24,27,30-31,34-37,39-40,42-45,47-48,50-66H2,1-3H3/b10-7-,11-8-,19-16-,20-17-,28-25-,29-26-,33-32-,41-38-,49-46-. The van der Waals surface area contributed by atoms with Crippen molar-refractivity contribution < 1.29 is 28.6 Å². The van der Waals surface area contributed by atoms with Gasteiger partial charge in [-0.3, -0.25) is 14.4 Å². The number of unbranched alkanes of at least 4 members (excludes halogenated alkanes) is 28. The molecule has 0 aromatic heterocycles. The molecule has 434 valence electrons. The molecular formula is C70H118O6. The molecule has 0 aromatic carbocycles. The summed E-state index contributed by atoms with van der Waals surface area (Å²) in [6, 6.07) is 0.